The fraction of sp³-hybridized carbons (Fsp3) is 0.675. The normalized spacial score (nSPS) is 25.1. The van der Waals surface area contributed by atoms with E-state index in [1.807, 2.05) is 55.4 Å². The maximum Gasteiger partial charge on any atom is 0.511 e. The summed E-state index contributed by atoms with van der Waals surface area (Å²) in [5.41, 5.74) is 0. The van der Waals surface area contributed by atoms with E-state index in [0.717, 1.165) is 44.1 Å². The molecule has 0 bridgehead atoms. The molecule has 36 nitrogen and oxygen atoms in total. The summed E-state index contributed by atoms with van der Waals surface area (Å²) >= 11 is 0. The van der Waals surface area contributed by atoms with Crippen molar-refractivity contribution >= 4 is 55.4 Å². The first kappa shape index (κ1) is 119. The van der Waals surface area contributed by atoms with Crippen molar-refractivity contribution in [3.63, 3.8) is 0 Å². The van der Waals surface area contributed by atoms with E-state index in [4.69, 9.17) is 103 Å². The van der Waals surface area contributed by atoms with Crippen molar-refractivity contribution in [3.05, 3.63) is 61.3 Å². The van der Waals surface area contributed by atoms with E-state index in [-0.39, 0.29) is 112 Å². The molecule has 9 unspecified atom stereocenters. The smallest absolute Gasteiger partial charge is 0.427 e. The maximum absolute atomic E-state index is 12.5. The lowest BCUT2D eigenvalue weighted by molar-refractivity contribution is -0.181. The Bertz CT molecular complexity index is 3890. The zero-order chi connectivity index (χ0) is 99.6. The number of carbonyl (C=O) groups is 9. The van der Waals surface area contributed by atoms with Gasteiger partial charge in [0.25, 0.3) is 58.2 Å². The molecule has 0 amide bonds. The van der Waals surface area contributed by atoms with E-state index >= 15 is 0 Å². The molecule has 9 fully saturated rings. The molecule has 9 saturated heterocycles. The minimum Gasteiger partial charge on any atom is -0.427 e. The average molecular weight is 1930 g/mol. The standard InChI is InChI=1S/C10H13F3O4.C10H11F3O4.C9H11F3O4.C9H12F2O4.C9H13FO4.C9H11FO4.C9H14O4.2C9H12O4/c2*1-2-4-9(7-15-8(14)17-9)16-6-3-5-10(11,12)13;1-2-3-9(5-14-8(13)16-9)15-4-6(10)7(11)12;1-2-4-9(6-13-8(12)15-9)14-5-3-7(10)11;1-3-4-9(13-5-7(2)10)6-12-8(11)14-9;1-2-4-9(13-6-3-5-10)7-12-8(11)14-9;3*1-3-5-9(12-6-4-2)7-11-8(10)13-9/h3,5H,2,4,6-7H2,1H3;2,4,6-7H2,1H3;2-5H2,1H3;3H,2,4-6H2,1H3;2-6H2,1H3;2,4,6-7H2,1H3;4H,2-3,5-7H2,1H3;2*2H,3,5-7H2,1H3. The lowest BCUT2D eigenvalue weighted by Crippen LogP contribution is -2.35. The number of terminal acetylenes is 2. The average Bonchev–Trinajstić information content (AvgIpc) is 1.72. The van der Waals surface area contributed by atoms with Gasteiger partial charge in [-0.15, -0.1) is 23.8 Å². The third-order valence-corrected chi connectivity index (χ3v) is 16.7. The van der Waals surface area contributed by atoms with Gasteiger partial charge in [0, 0.05) is 75.9 Å². The molecule has 0 aromatic carbocycles. The molecule has 0 aromatic rings. The number of cyclic esters (lactones) is 18. The van der Waals surface area contributed by atoms with Crippen molar-refractivity contribution in [2.45, 2.75) is 242 Å². The summed E-state index contributed by atoms with van der Waals surface area (Å²) in [5, 5.41) is 0. The van der Waals surface area contributed by atoms with Crippen molar-refractivity contribution in [3.8, 4) is 48.6 Å². The first-order chi connectivity index (χ1) is 62.3. The van der Waals surface area contributed by atoms with Crippen molar-refractivity contribution in [2.24, 2.45) is 0 Å². The molecule has 0 N–H and O–H groups in total. The Morgan fingerprint density at radius 3 is 0.818 bits per heavy atom. The van der Waals surface area contributed by atoms with Gasteiger partial charge in [-0.25, -0.2) is 51.9 Å². The van der Waals surface area contributed by atoms with Crippen LogP contribution in [0, 0.1) is 48.6 Å². The van der Waals surface area contributed by atoms with E-state index in [9.17, 15) is 100 Å². The van der Waals surface area contributed by atoms with Gasteiger partial charge in [-0.05, 0) is 63.7 Å². The van der Waals surface area contributed by atoms with Gasteiger partial charge < -0.3 is 128 Å². The molecule has 9 heterocycles. The fourth-order valence-electron chi connectivity index (χ4n) is 11.4. The fourth-order valence-corrected chi connectivity index (χ4v) is 11.4. The molecule has 748 valence electrons. The van der Waals surface area contributed by atoms with Crippen LogP contribution in [0.3, 0.4) is 0 Å². The highest BCUT2D eigenvalue weighted by Crippen LogP contribution is 2.36. The van der Waals surface area contributed by atoms with E-state index in [1.54, 1.807) is 18.9 Å². The molecule has 9 aliphatic heterocycles. The molecule has 0 radical (unpaired) electrons. The van der Waals surface area contributed by atoms with Gasteiger partial charge in [-0.2, -0.15) is 43.9 Å². The van der Waals surface area contributed by atoms with Crippen LogP contribution in [0.25, 0.3) is 0 Å². The van der Waals surface area contributed by atoms with E-state index in [1.165, 1.54) is 6.17 Å². The predicted octanol–water partition coefficient (Wildman–Crippen LogP) is 18.4. The molecular weight excluding hydrogens is 1820 g/mol. The molecule has 0 aromatic heterocycles. The number of hydrogen-bond donors (Lipinski definition) is 0. The monoisotopic (exact) mass is 1930 g/mol. The topological polar surface area (TPSA) is 403 Å². The van der Waals surface area contributed by atoms with Crippen molar-refractivity contribution < 1.29 is 228 Å². The highest BCUT2D eigenvalue weighted by Gasteiger charge is 2.50. The Labute approximate surface area is 752 Å². The van der Waals surface area contributed by atoms with Crippen LogP contribution in [-0.4, -0.2) is 239 Å². The lowest BCUT2D eigenvalue weighted by atomic mass is 10.1. The second kappa shape index (κ2) is 61.0. The van der Waals surface area contributed by atoms with Crippen molar-refractivity contribution in [1.29, 1.82) is 0 Å². The molecule has 9 rings (SSSR count). The zero-order valence-electron chi connectivity index (χ0n) is 73.9. The van der Waals surface area contributed by atoms with Gasteiger partial charge in [0.2, 0.25) is 0 Å². The number of carbonyl (C=O) groups excluding carboxylic acids is 9. The van der Waals surface area contributed by atoms with Crippen LogP contribution >= 0.6 is 0 Å². The van der Waals surface area contributed by atoms with Gasteiger partial charge in [0.05, 0.1) is 19.8 Å². The van der Waals surface area contributed by atoms with Crippen LogP contribution in [0.5, 0.6) is 0 Å². The second-order valence-corrected chi connectivity index (χ2v) is 27.8. The Morgan fingerprint density at radius 2 is 0.606 bits per heavy atom. The molecule has 9 aliphatic rings. The number of alkyl halides is 6. The SMILES string of the molecule is C#CCOC1(CCC)COC(=O)O1.C#CCOC1(CCC)COC(=O)O1.C=C(F)COC1(CCC)COC(=O)O1.C=CCOC1(CCC)COC(=O)O1.CCCC1(OCC#CC(F)(F)F)COC(=O)O1.CCCC1(OCC#CF)COC(=O)O1.CCCC1(OCC(F)=C(F)F)COC(=O)O1.CCCC1(OCC=C(F)F)COC(=O)O1.CCCC1(OCC=CC(F)(F)F)COC(=O)O1. The van der Waals surface area contributed by atoms with Gasteiger partial charge in [-0.3, -0.25) is 0 Å². The molecule has 9 atom stereocenters. The summed E-state index contributed by atoms with van der Waals surface area (Å²) in [4.78, 5) is 96.7. The number of allylic oxidation sites excluding steroid dienone is 1. The molecule has 0 spiro atoms. The highest BCUT2D eigenvalue weighted by molar-refractivity contribution is 5.65. The quantitative estimate of drug-likeness (QED) is 0.0180. The predicted molar refractivity (Wildman–Crippen MR) is 421 cm³/mol. The Balaban J connectivity index is 0.000000744. The van der Waals surface area contributed by atoms with Crippen LogP contribution in [0.2, 0.25) is 0 Å². The molecule has 0 aliphatic carbocycles. The highest BCUT2D eigenvalue weighted by atomic mass is 19.4. The molecule has 132 heavy (non-hydrogen) atoms. The number of ether oxygens (including phenoxy) is 27. The van der Waals surface area contributed by atoms with Gasteiger partial charge in [-0.1, -0.05) is 98.8 Å². The Hall–Kier alpha value is -10.9. The van der Waals surface area contributed by atoms with Crippen molar-refractivity contribution in [2.75, 3.05) is 119 Å². The van der Waals surface area contributed by atoms with Crippen LogP contribution in [0.15, 0.2) is 61.3 Å². The van der Waals surface area contributed by atoms with Crippen molar-refractivity contribution in [1.82, 2.24) is 0 Å². The summed E-state index contributed by atoms with van der Waals surface area (Å²) < 4.78 is 285. The van der Waals surface area contributed by atoms with Crippen LogP contribution in [0.1, 0.15) is 178 Å². The number of halogens is 13. The minimum atomic E-state index is -4.55. The first-order valence-corrected chi connectivity index (χ1v) is 40.7. The summed E-state index contributed by atoms with van der Waals surface area (Å²) in [6.07, 6.45) is 4.92. The summed E-state index contributed by atoms with van der Waals surface area (Å²) in [6, 6.07) is 0. The molecule has 49 heteroatoms. The van der Waals surface area contributed by atoms with E-state index in [2.05, 4.69) is 68.8 Å². The largest absolute Gasteiger partial charge is 0.511 e. The van der Waals surface area contributed by atoms with Gasteiger partial charge in [0.1, 0.15) is 51.6 Å². The van der Waals surface area contributed by atoms with Crippen LogP contribution < -0.4 is 0 Å². The summed E-state index contributed by atoms with van der Waals surface area (Å²) in [6.45, 7) is 21.8. The third-order valence-electron chi connectivity index (χ3n) is 16.7. The van der Waals surface area contributed by atoms with Crippen LogP contribution in [0.4, 0.5) is 100 Å². The first-order valence-electron chi connectivity index (χ1n) is 40.7. The van der Waals surface area contributed by atoms with Gasteiger partial charge in [0.15, 0.2) is 65.3 Å². The number of hydrogen-bond acceptors (Lipinski definition) is 36. The molecular formula is C83H109F13O36. The zero-order valence-corrected chi connectivity index (χ0v) is 73.9. The Kier molecular flexibility index (Phi) is 55.1. The van der Waals surface area contributed by atoms with Crippen LogP contribution in [-0.2, 0) is 128 Å². The molecule has 0 saturated carbocycles. The minimum absolute atomic E-state index is 0.00690. The Morgan fingerprint density at radius 1 is 0.364 bits per heavy atom. The van der Waals surface area contributed by atoms with E-state index < -0.39 is 157 Å². The lowest BCUT2D eigenvalue weighted by Gasteiger charge is -2.23. The number of rotatable bonds is 41. The summed E-state index contributed by atoms with van der Waals surface area (Å²) in [5.74, 6) is -2.84. The van der Waals surface area contributed by atoms with E-state index in [0.29, 0.717) is 89.7 Å². The summed E-state index contributed by atoms with van der Waals surface area (Å²) in [7, 11) is 0. The van der Waals surface area contributed by atoms with Gasteiger partial charge >= 0.3 is 73.8 Å². The second-order valence-electron chi connectivity index (χ2n) is 27.8. The third kappa shape index (κ3) is 48.0. The maximum atomic E-state index is 12.5.